The molecule has 0 saturated heterocycles. The van der Waals surface area contributed by atoms with Crippen molar-refractivity contribution in [2.45, 2.75) is 22.9 Å². The summed E-state index contributed by atoms with van der Waals surface area (Å²) in [7, 11) is 1.60. The number of nitrogens with two attached hydrogens (primary N) is 1. The lowest BCUT2D eigenvalue weighted by molar-refractivity contribution is 0.0988. The Morgan fingerprint density at radius 3 is 2.60 bits per heavy atom. The summed E-state index contributed by atoms with van der Waals surface area (Å²) in [4.78, 5) is 12.5. The number of Topliss-reactive ketones (excluding diaryl/α,β-unsaturated/α-hetero) is 1. The standard InChI is InChI=1S/C13H15N3O2S2/c1-3-10(19-13-16-15-12(14)20-13)11(17)8-4-6-9(18-2)7-5-8/h4-7,10H,3H2,1-2H3,(H2,14,15). The maximum absolute atomic E-state index is 12.5. The van der Waals surface area contributed by atoms with Crippen LogP contribution in [0.5, 0.6) is 5.75 Å². The van der Waals surface area contributed by atoms with Gasteiger partial charge in [-0.05, 0) is 30.7 Å². The Hall–Kier alpha value is -1.60. The number of hydrogen-bond donors (Lipinski definition) is 1. The van der Waals surface area contributed by atoms with Gasteiger partial charge in [0.05, 0.1) is 12.4 Å². The molecular weight excluding hydrogens is 294 g/mol. The molecule has 1 aromatic heterocycles. The predicted molar refractivity (Wildman–Crippen MR) is 81.6 cm³/mol. The van der Waals surface area contributed by atoms with Crippen LogP contribution in [0.15, 0.2) is 28.6 Å². The highest BCUT2D eigenvalue weighted by Gasteiger charge is 2.21. The van der Waals surface area contributed by atoms with Crippen LogP contribution in [-0.2, 0) is 0 Å². The molecule has 1 aromatic carbocycles. The third kappa shape index (κ3) is 3.49. The van der Waals surface area contributed by atoms with E-state index < -0.39 is 0 Å². The van der Waals surface area contributed by atoms with E-state index in [0.29, 0.717) is 10.7 Å². The average Bonchev–Trinajstić information content (AvgIpc) is 2.89. The second-order valence-electron chi connectivity index (χ2n) is 4.01. The Kier molecular flexibility index (Phi) is 4.97. The molecule has 7 heteroatoms. The zero-order valence-corrected chi connectivity index (χ0v) is 12.8. The van der Waals surface area contributed by atoms with Crippen LogP contribution in [-0.4, -0.2) is 28.3 Å². The molecule has 2 N–H and O–H groups in total. The van der Waals surface area contributed by atoms with Crippen LogP contribution in [0.25, 0.3) is 0 Å². The summed E-state index contributed by atoms with van der Waals surface area (Å²) in [5.41, 5.74) is 6.22. The smallest absolute Gasteiger partial charge is 0.203 e. The number of ketones is 1. The Labute approximate surface area is 125 Å². The van der Waals surface area contributed by atoms with Crippen molar-refractivity contribution in [2.24, 2.45) is 0 Å². The number of carbonyl (C=O) groups is 1. The van der Waals surface area contributed by atoms with Crippen LogP contribution in [0.3, 0.4) is 0 Å². The summed E-state index contributed by atoms with van der Waals surface area (Å²) in [6.45, 7) is 1.98. The maximum Gasteiger partial charge on any atom is 0.203 e. The molecule has 0 fully saturated rings. The first kappa shape index (κ1) is 14.8. The van der Waals surface area contributed by atoms with Crippen LogP contribution in [0.1, 0.15) is 23.7 Å². The molecule has 2 rings (SSSR count). The summed E-state index contributed by atoms with van der Waals surface area (Å²) in [5.74, 6) is 0.813. The van der Waals surface area contributed by atoms with Gasteiger partial charge >= 0.3 is 0 Å². The Balaban J connectivity index is 2.11. The van der Waals surface area contributed by atoms with Crippen molar-refractivity contribution in [3.05, 3.63) is 29.8 Å². The van der Waals surface area contributed by atoms with Crippen LogP contribution in [0.2, 0.25) is 0 Å². The molecule has 1 heterocycles. The normalized spacial score (nSPS) is 12.1. The first-order chi connectivity index (χ1) is 9.63. The van der Waals surface area contributed by atoms with Gasteiger partial charge < -0.3 is 10.5 Å². The van der Waals surface area contributed by atoms with E-state index in [9.17, 15) is 4.79 Å². The summed E-state index contributed by atoms with van der Waals surface area (Å²) in [6, 6.07) is 7.12. The fourth-order valence-electron chi connectivity index (χ4n) is 1.65. The van der Waals surface area contributed by atoms with Gasteiger partial charge in [0.1, 0.15) is 5.75 Å². The van der Waals surface area contributed by atoms with E-state index in [2.05, 4.69) is 10.2 Å². The number of ether oxygens (including phenoxy) is 1. The van der Waals surface area contributed by atoms with Crippen molar-refractivity contribution in [3.8, 4) is 5.75 Å². The molecule has 0 spiro atoms. The van der Waals surface area contributed by atoms with Gasteiger partial charge in [0, 0.05) is 5.56 Å². The molecular formula is C13H15N3O2S2. The number of anilines is 1. The fraction of sp³-hybridized carbons (Fsp3) is 0.308. The van der Waals surface area contributed by atoms with Gasteiger partial charge in [-0.25, -0.2) is 0 Å². The molecule has 1 atom stereocenters. The largest absolute Gasteiger partial charge is 0.497 e. The number of carbonyl (C=O) groups excluding carboxylic acids is 1. The second kappa shape index (κ2) is 6.71. The molecule has 0 bridgehead atoms. The van der Waals surface area contributed by atoms with Gasteiger partial charge in [0.15, 0.2) is 10.1 Å². The minimum absolute atomic E-state index is 0.0777. The molecule has 1 unspecified atom stereocenters. The van der Waals surface area contributed by atoms with E-state index >= 15 is 0 Å². The molecule has 2 aromatic rings. The van der Waals surface area contributed by atoms with Crippen LogP contribution in [0, 0.1) is 0 Å². The number of thioether (sulfide) groups is 1. The molecule has 0 aliphatic heterocycles. The van der Waals surface area contributed by atoms with Crippen molar-refractivity contribution in [1.29, 1.82) is 0 Å². The summed E-state index contributed by atoms with van der Waals surface area (Å²) in [6.07, 6.45) is 0.717. The highest BCUT2D eigenvalue weighted by Crippen LogP contribution is 2.31. The molecule has 0 saturated carbocycles. The van der Waals surface area contributed by atoms with Crippen molar-refractivity contribution in [3.63, 3.8) is 0 Å². The van der Waals surface area contributed by atoms with Gasteiger partial charge in [0.2, 0.25) is 5.13 Å². The lowest BCUT2D eigenvalue weighted by Crippen LogP contribution is -2.16. The highest BCUT2D eigenvalue weighted by molar-refractivity contribution is 8.02. The predicted octanol–water partition coefficient (Wildman–Crippen LogP) is 2.88. The zero-order chi connectivity index (χ0) is 14.5. The lowest BCUT2D eigenvalue weighted by Gasteiger charge is -2.11. The third-order valence-corrected chi connectivity index (χ3v) is 4.90. The monoisotopic (exact) mass is 309 g/mol. The number of hydrogen-bond acceptors (Lipinski definition) is 7. The molecule has 5 nitrogen and oxygen atoms in total. The van der Waals surface area contributed by atoms with E-state index in [1.165, 1.54) is 23.1 Å². The summed E-state index contributed by atoms with van der Waals surface area (Å²) < 4.78 is 5.81. The number of methoxy groups -OCH3 is 1. The molecule has 0 amide bonds. The number of nitrogens with zero attached hydrogens (tertiary/aromatic N) is 2. The third-order valence-electron chi connectivity index (χ3n) is 2.70. The van der Waals surface area contributed by atoms with E-state index in [1.54, 1.807) is 31.4 Å². The SMILES string of the molecule is CCC(Sc1nnc(N)s1)C(=O)c1ccc(OC)cc1. The quantitative estimate of drug-likeness (QED) is 0.653. The van der Waals surface area contributed by atoms with Gasteiger partial charge in [-0.2, -0.15) is 0 Å². The van der Waals surface area contributed by atoms with Crippen molar-refractivity contribution < 1.29 is 9.53 Å². The van der Waals surface area contributed by atoms with Crippen LogP contribution in [0.4, 0.5) is 5.13 Å². The van der Waals surface area contributed by atoms with Crippen molar-refractivity contribution >= 4 is 34.0 Å². The second-order valence-corrected chi connectivity index (χ2v) is 6.47. The number of aromatic nitrogens is 2. The first-order valence-electron chi connectivity index (χ1n) is 6.08. The Morgan fingerprint density at radius 1 is 1.40 bits per heavy atom. The van der Waals surface area contributed by atoms with Gasteiger partial charge in [-0.1, -0.05) is 30.0 Å². The van der Waals surface area contributed by atoms with Crippen LogP contribution < -0.4 is 10.5 Å². The van der Waals surface area contributed by atoms with E-state index in [4.69, 9.17) is 10.5 Å². The molecule has 0 aliphatic carbocycles. The van der Waals surface area contributed by atoms with E-state index in [0.717, 1.165) is 16.5 Å². The van der Waals surface area contributed by atoms with Crippen LogP contribution >= 0.6 is 23.1 Å². The number of benzene rings is 1. The molecule has 0 aliphatic rings. The molecule has 106 valence electrons. The maximum atomic E-state index is 12.5. The van der Waals surface area contributed by atoms with Gasteiger partial charge in [-0.15, -0.1) is 10.2 Å². The summed E-state index contributed by atoms with van der Waals surface area (Å²) in [5, 5.41) is 7.93. The minimum Gasteiger partial charge on any atom is -0.497 e. The fourth-order valence-corrected chi connectivity index (χ4v) is 3.53. The first-order valence-corrected chi connectivity index (χ1v) is 7.77. The molecule has 20 heavy (non-hydrogen) atoms. The van der Waals surface area contributed by atoms with Crippen molar-refractivity contribution in [1.82, 2.24) is 10.2 Å². The average molecular weight is 309 g/mol. The number of nitrogen functional groups attached to an aromatic ring is 1. The van der Waals surface area contributed by atoms with E-state index in [-0.39, 0.29) is 11.0 Å². The molecule has 0 radical (unpaired) electrons. The summed E-state index contributed by atoms with van der Waals surface area (Å²) >= 11 is 2.70. The highest BCUT2D eigenvalue weighted by atomic mass is 32.2. The Morgan fingerprint density at radius 2 is 2.10 bits per heavy atom. The van der Waals surface area contributed by atoms with E-state index in [1.807, 2.05) is 6.92 Å². The minimum atomic E-state index is -0.184. The number of rotatable bonds is 6. The lowest BCUT2D eigenvalue weighted by atomic mass is 10.1. The topological polar surface area (TPSA) is 78.1 Å². The Bertz CT molecular complexity index is 584. The van der Waals surface area contributed by atoms with Gasteiger partial charge in [-0.3, -0.25) is 4.79 Å². The zero-order valence-electron chi connectivity index (χ0n) is 11.2. The van der Waals surface area contributed by atoms with Gasteiger partial charge in [0.25, 0.3) is 0 Å². The van der Waals surface area contributed by atoms with Crippen molar-refractivity contribution in [2.75, 3.05) is 12.8 Å².